The molecule has 106 valence electrons. The second-order valence-corrected chi connectivity index (χ2v) is 4.53. The molecule has 2 aromatic rings. The number of hydrogen-bond acceptors (Lipinski definition) is 3. The van der Waals surface area contributed by atoms with Gasteiger partial charge in [-0.25, -0.2) is 0 Å². The SMILES string of the molecule is FC(F)Oc1ccc(Cl)cc1CNCc1ccncc1. The van der Waals surface area contributed by atoms with Crippen LogP contribution in [0, 0.1) is 0 Å². The summed E-state index contributed by atoms with van der Waals surface area (Å²) in [6, 6.07) is 8.32. The molecule has 0 aliphatic heterocycles. The van der Waals surface area contributed by atoms with Gasteiger partial charge in [-0.3, -0.25) is 4.98 Å². The standard InChI is InChI=1S/C14H13ClF2N2O/c15-12-1-2-13(20-14(16)17)11(7-12)9-19-8-10-3-5-18-6-4-10/h1-7,14,19H,8-9H2. The molecule has 0 spiro atoms. The Morgan fingerprint density at radius 2 is 1.90 bits per heavy atom. The summed E-state index contributed by atoms with van der Waals surface area (Å²) in [4.78, 5) is 3.92. The van der Waals surface area contributed by atoms with E-state index in [1.807, 2.05) is 12.1 Å². The predicted octanol–water partition coefficient (Wildman–Crippen LogP) is 3.63. The molecule has 6 heteroatoms. The number of rotatable bonds is 6. The fourth-order valence-corrected chi connectivity index (χ4v) is 1.93. The maximum absolute atomic E-state index is 12.3. The largest absolute Gasteiger partial charge is 0.434 e. The highest BCUT2D eigenvalue weighted by Gasteiger charge is 2.10. The van der Waals surface area contributed by atoms with Crippen molar-refractivity contribution in [2.45, 2.75) is 19.7 Å². The fraction of sp³-hybridized carbons (Fsp3) is 0.214. The Morgan fingerprint density at radius 3 is 2.60 bits per heavy atom. The maximum atomic E-state index is 12.3. The number of alkyl halides is 2. The van der Waals surface area contributed by atoms with Gasteiger partial charge in [0.05, 0.1) is 0 Å². The van der Waals surface area contributed by atoms with Crippen molar-refractivity contribution in [3.63, 3.8) is 0 Å². The zero-order chi connectivity index (χ0) is 14.4. The Hall–Kier alpha value is -1.72. The van der Waals surface area contributed by atoms with Crippen LogP contribution in [0.15, 0.2) is 42.7 Å². The molecule has 0 saturated carbocycles. The van der Waals surface area contributed by atoms with Crippen LogP contribution in [0.25, 0.3) is 0 Å². The van der Waals surface area contributed by atoms with Crippen molar-refractivity contribution in [2.75, 3.05) is 0 Å². The van der Waals surface area contributed by atoms with Crippen LogP contribution in [0.3, 0.4) is 0 Å². The molecular formula is C14H13ClF2N2O. The maximum Gasteiger partial charge on any atom is 0.387 e. The molecule has 1 heterocycles. The molecule has 0 bridgehead atoms. The topological polar surface area (TPSA) is 34.1 Å². The van der Waals surface area contributed by atoms with Crippen LogP contribution in [0.2, 0.25) is 5.02 Å². The molecule has 0 atom stereocenters. The summed E-state index contributed by atoms with van der Waals surface area (Å²) in [7, 11) is 0. The van der Waals surface area contributed by atoms with E-state index < -0.39 is 6.61 Å². The molecule has 2 rings (SSSR count). The molecule has 0 fully saturated rings. The number of ether oxygens (including phenoxy) is 1. The lowest BCUT2D eigenvalue weighted by molar-refractivity contribution is -0.0505. The van der Waals surface area contributed by atoms with E-state index in [-0.39, 0.29) is 5.75 Å². The Balaban J connectivity index is 1.99. The van der Waals surface area contributed by atoms with Crippen LogP contribution in [0.4, 0.5) is 8.78 Å². The third-order valence-corrected chi connectivity index (χ3v) is 2.87. The van der Waals surface area contributed by atoms with Crippen molar-refractivity contribution in [1.82, 2.24) is 10.3 Å². The molecule has 0 aliphatic carbocycles. The number of hydrogen-bond donors (Lipinski definition) is 1. The molecule has 1 N–H and O–H groups in total. The quantitative estimate of drug-likeness (QED) is 0.884. The minimum absolute atomic E-state index is 0.131. The Bertz CT molecular complexity index is 552. The van der Waals surface area contributed by atoms with Gasteiger partial charge in [0.1, 0.15) is 5.75 Å². The Kier molecular flexibility index (Phi) is 5.26. The van der Waals surface area contributed by atoms with Gasteiger partial charge < -0.3 is 10.1 Å². The highest BCUT2D eigenvalue weighted by Crippen LogP contribution is 2.24. The monoisotopic (exact) mass is 298 g/mol. The zero-order valence-electron chi connectivity index (χ0n) is 10.5. The first-order chi connectivity index (χ1) is 9.65. The van der Waals surface area contributed by atoms with Crippen LogP contribution < -0.4 is 10.1 Å². The molecule has 0 saturated heterocycles. The lowest BCUT2D eigenvalue weighted by Crippen LogP contribution is -2.14. The second-order valence-electron chi connectivity index (χ2n) is 4.09. The molecule has 0 radical (unpaired) electrons. The number of aromatic nitrogens is 1. The van der Waals surface area contributed by atoms with Crippen LogP contribution in [-0.2, 0) is 13.1 Å². The molecule has 0 aliphatic rings. The predicted molar refractivity (Wildman–Crippen MR) is 72.9 cm³/mol. The molecule has 1 aromatic carbocycles. The van der Waals surface area contributed by atoms with Crippen molar-refractivity contribution in [2.24, 2.45) is 0 Å². The van der Waals surface area contributed by atoms with Gasteiger partial charge in [-0.2, -0.15) is 8.78 Å². The van der Waals surface area contributed by atoms with Crippen LogP contribution in [0.1, 0.15) is 11.1 Å². The van der Waals surface area contributed by atoms with E-state index in [2.05, 4.69) is 15.0 Å². The summed E-state index contributed by atoms with van der Waals surface area (Å²) in [5.41, 5.74) is 1.64. The molecule has 0 amide bonds. The Labute approximate surface area is 120 Å². The molecular weight excluding hydrogens is 286 g/mol. The zero-order valence-corrected chi connectivity index (χ0v) is 11.3. The lowest BCUT2D eigenvalue weighted by atomic mass is 10.2. The van der Waals surface area contributed by atoms with Gasteiger partial charge in [0.25, 0.3) is 0 Å². The molecule has 20 heavy (non-hydrogen) atoms. The van der Waals surface area contributed by atoms with E-state index in [4.69, 9.17) is 11.6 Å². The minimum atomic E-state index is -2.85. The Morgan fingerprint density at radius 1 is 1.15 bits per heavy atom. The summed E-state index contributed by atoms with van der Waals surface area (Å²) in [5, 5.41) is 3.63. The van der Waals surface area contributed by atoms with Crippen LogP contribution in [0.5, 0.6) is 5.75 Å². The van der Waals surface area contributed by atoms with E-state index in [0.29, 0.717) is 23.7 Å². The van der Waals surface area contributed by atoms with Gasteiger partial charge in [-0.1, -0.05) is 11.6 Å². The second kappa shape index (κ2) is 7.17. The van der Waals surface area contributed by atoms with Gasteiger partial charge in [0.2, 0.25) is 0 Å². The summed E-state index contributed by atoms with van der Waals surface area (Å²) in [6.45, 7) is -1.87. The third kappa shape index (κ3) is 4.43. The van der Waals surface area contributed by atoms with Gasteiger partial charge in [-0.15, -0.1) is 0 Å². The number of nitrogens with zero attached hydrogens (tertiary/aromatic N) is 1. The first-order valence-corrected chi connectivity index (χ1v) is 6.36. The number of nitrogens with one attached hydrogen (secondary N) is 1. The van der Waals surface area contributed by atoms with E-state index in [1.54, 1.807) is 18.5 Å². The summed E-state index contributed by atoms with van der Waals surface area (Å²) >= 11 is 5.87. The summed E-state index contributed by atoms with van der Waals surface area (Å²) in [5.74, 6) is 0.131. The van der Waals surface area contributed by atoms with Crippen molar-refractivity contribution >= 4 is 11.6 Å². The van der Waals surface area contributed by atoms with Gasteiger partial charge in [0.15, 0.2) is 0 Å². The third-order valence-electron chi connectivity index (χ3n) is 2.63. The van der Waals surface area contributed by atoms with Gasteiger partial charge in [0, 0.05) is 36.1 Å². The highest BCUT2D eigenvalue weighted by atomic mass is 35.5. The van der Waals surface area contributed by atoms with E-state index in [1.165, 1.54) is 12.1 Å². The number of pyridine rings is 1. The van der Waals surface area contributed by atoms with Crippen molar-refractivity contribution in [3.8, 4) is 5.75 Å². The average Bonchev–Trinajstić information content (AvgIpc) is 2.42. The van der Waals surface area contributed by atoms with Crippen LogP contribution >= 0.6 is 11.6 Å². The van der Waals surface area contributed by atoms with E-state index in [9.17, 15) is 8.78 Å². The van der Waals surface area contributed by atoms with E-state index >= 15 is 0 Å². The molecule has 1 aromatic heterocycles. The van der Waals surface area contributed by atoms with Crippen molar-refractivity contribution < 1.29 is 13.5 Å². The van der Waals surface area contributed by atoms with Crippen LogP contribution in [-0.4, -0.2) is 11.6 Å². The summed E-state index contributed by atoms with van der Waals surface area (Å²) < 4.78 is 29.1. The van der Waals surface area contributed by atoms with Gasteiger partial charge >= 0.3 is 6.61 Å². The van der Waals surface area contributed by atoms with Crippen molar-refractivity contribution in [1.29, 1.82) is 0 Å². The fourth-order valence-electron chi connectivity index (χ4n) is 1.74. The van der Waals surface area contributed by atoms with Crippen molar-refractivity contribution in [3.05, 3.63) is 58.9 Å². The smallest absolute Gasteiger partial charge is 0.387 e. The molecule has 3 nitrogen and oxygen atoms in total. The first-order valence-electron chi connectivity index (χ1n) is 5.98. The number of benzene rings is 1. The van der Waals surface area contributed by atoms with E-state index in [0.717, 1.165) is 5.56 Å². The average molecular weight is 299 g/mol. The van der Waals surface area contributed by atoms with Gasteiger partial charge in [-0.05, 0) is 35.9 Å². The minimum Gasteiger partial charge on any atom is -0.434 e. The summed E-state index contributed by atoms with van der Waals surface area (Å²) in [6.07, 6.45) is 3.39. The molecule has 0 unspecified atom stereocenters. The lowest BCUT2D eigenvalue weighted by Gasteiger charge is -2.12. The first kappa shape index (κ1) is 14.7. The highest BCUT2D eigenvalue weighted by molar-refractivity contribution is 6.30. The normalized spacial score (nSPS) is 10.8. The number of halogens is 3.